The van der Waals surface area contributed by atoms with Gasteiger partial charge in [0.2, 0.25) is 5.91 Å². The van der Waals surface area contributed by atoms with Gasteiger partial charge in [-0.2, -0.15) is 5.10 Å². The number of ether oxygens (including phenoxy) is 1. The minimum atomic E-state index is -0.383. The molecule has 7 heteroatoms. The molecule has 7 nitrogen and oxygen atoms in total. The third kappa shape index (κ3) is 4.48. The van der Waals surface area contributed by atoms with E-state index < -0.39 is 0 Å². The minimum absolute atomic E-state index is 0.0557. The predicted octanol–water partition coefficient (Wildman–Crippen LogP) is 2.00. The van der Waals surface area contributed by atoms with Gasteiger partial charge in [-0.15, -0.1) is 0 Å². The molecule has 2 amide bonds. The van der Waals surface area contributed by atoms with Gasteiger partial charge >= 0.3 is 0 Å². The molecule has 0 bridgehead atoms. The molecule has 1 fully saturated rings. The Hall–Kier alpha value is -2.83. The third-order valence-electron chi connectivity index (χ3n) is 4.95. The first-order valence-electron chi connectivity index (χ1n) is 9.31. The van der Waals surface area contributed by atoms with E-state index in [2.05, 4.69) is 5.10 Å². The Labute approximate surface area is 159 Å². The number of nitrogens with two attached hydrogens (primary N) is 1. The molecular formula is C20H26N4O3. The van der Waals surface area contributed by atoms with Crippen molar-refractivity contribution < 1.29 is 14.3 Å². The maximum absolute atomic E-state index is 13.0. The standard InChI is InChI=1S/C20H26N4O3/c1-3-24-13-17(14(2)22-24)20(26)23-10-9-18(15(12-23)11-19(21)25)27-16-7-5-4-6-8-16/h4-8,13,15,18H,3,9-12H2,1-2H3,(H2,21,25)/t15-,18-/m0/s1. The summed E-state index contributed by atoms with van der Waals surface area (Å²) in [6, 6.07) is 9.52. The summed E-state index contributed by atoms with van der Waals surface area (Å²) in [4.78, 5) is 26.3. The van der Waals surface area contributed by atoms with Gasteiger partial charge in [0.1, 0.15) is 11.9 Å². The zero-order valence-corrected chi connectivity index (χ0v) is 15.8. The number of amides is 2. The molecule has 0 unspecified atom stereocenters. The number of para-hydroxylation sites is 1. The third-order valence-corrected chi connectivity index (χ3v) is 4.95. The first-order valence-corrected chi connectivity index (χ1v) is 9.31. The maximum atomic E-state index is 13.0. The van der Waals surface area contributed by atoms with Crippen LogP contribution in [0.3, 0.4) is 0 Å². The maximum Gasteiger partial charge on any atom is 0.257 e. The summed E-state index contributed by atoms with van der Waals surface area (Å²) in [5.41, 5.74) is 6.77. The summed E-state index contributed by atoms with van der Waals surface area (Å²) in [6.07, 6.45) is 2.48. The molecule has 0 spiro atoms. The Balaban J connectivity index is 1.74. The van der Waals surface area contributed by atoms with Gasteiger partial charge in [-0.25, -0.2) is 0 Å². The SMILES string of the molecule is CCn1cc(C(=O)N2CC[C@H](Oc3ccccc3)[C@@H](CC(N)=O)C2)c(C)n1. The van der Waals surface area contributed by atoms with E-state index in [1.807, 2.05) is 44.2 Å². The summed E-state index contributed by atoms with van der Waals surface area (Å²) in [7, 11) is 0. The van der Waals surface area contributed by atoms with Crippen LogP contribution in [0.4, 0.5) is 0 Å². The molecule has 2 heterocycles. The van der Waals surface area contributed by atoms with Crippen molar-refractivity contribution in [3.05, 3.63) is 47.8 Å². The molecule has 2 N–H and O–H groups in total. The Morgan fingerprint density at radius 2 is 2.04 bits per heavy atom. The van der Waals surface area contributed by atoms with Crippen molar-refractivity contribution in [2.45, 2.75) is 39.3 Å². The highest BCUT2D eigenvalue weighted by atomic mass is 16.5. The Bertz CT molecular complexity index is 803. The van der Waals surface area contributed by atoms with Crippen molar-refractivity contribution in [2.75, 3.05) is 13.1 Å². The second-order valence-electron chi connectivity index (χ2n) is 6.92. The molecule has 0 saturated carbocycles. The van der Waals surface area contributed by atoms with Crippen molar-refractivity contribution in [1.82, 2.24) is 14.7 Å². The van der Waals surface area contributed by atoms with Crippen LogP contribution < -0.4 is 10.5 Å². The average molecular weight is 370 g/mol. The van der Waals surface area contributed by atoms with Crippen LogP contribution >= 0.6 is 0 Å². The molecule has 1 aromatic heterocycles. The zero-order valence-electron chi connectivity index (χ0n) is 15.8. The molecule has 1 aliphatic heterocycles. The van der Waals surface area contributed by atoms with Gasteiger partial charge in [0.15, 0.2) is 0 Å². The van der Waals surface area contributed by atoms with E-state index in [0.717, 1.165) is 11.4 Å². The lowest BCUT2D eigenvalue weighted by Gasteiger charge is -2.38. The molecule has 144 valence electrons. The van der Waals surface area contributed by atoms with Crippen LogP contribution in [0.25, 0.3) is 0 Å². The van der Waals surface area contributed by atoms with Crippen LogP contribution in [0.2, 0.25) is 0 Å². The molecule has 0 aliphatic carbocycles. The Morgan fingerprint density at radius 3 is 2.67 bits per heavy atom. The molecule has 27 heavy (non-hydrogen) atoms. The number of aryl methyl sites for hydroxylation is 2. The van der Waals surface area contributed by atoms with Crippen molar-refractivity contribution in [2.24, 2.45) is 11.7 Å². The van der Waals surface area contributed by atoms with Crippen LogP contribution in [0.5, 0.6) is 5.75 Å². The molecule has 0 radical (unpaired) electrons. The van der Waals surface area contributed by atoms with Gasteiger partial charge < -0.3 is 15.4 Å². The van der Waals surface area contributed by atoms with E-state index in [0.29, 0.717) is 31.6 Å². The van der Waals surface area contributed by atoms with Crippen LogP contribution in [-0.2, 0) is 11.3 Å². The highest BCUT2D eigenvalue weighted by Gasteiger charge is 2.35. The zero-order chi connectivity index (χ0) is 19.4. The summed E-state index contributed by atoms with van der Waals surface area (Å²) in [5.74, 6) is 0.185. The molecule has 2 atom stereocenters. The van der Waals surface area contributed by atoms with E-state index in [1.165, 1.54) is 0 Å². The van der Waals surface area contributed by atoms with Gasteiger partial charge in [0.05, 0.1) is 11.3 Å². The molecule has 1 aromatic carbocycles. The van der Waals surface area contributed by atoms with E-state index in [4.69, 9.17) is 10.5 Å². The Kier molecular flexibility index (Phi) is 5.78. The van der Waals surface area contributed by atoms with Gasteiger partial charge in [-0.3, -0.25) is 14.3 Å². The van der Waals surface area contributed by atoms with Crippen molar-refractivity contribution in [3.8, 4) is 5.75 Å². The average Bonchev–Trinajstić information content (AvgIpc) is 3.04. The smallest absolute Gasteiger partial charge is 0.257 e. The van der Waals surface area contributed by atoms with Gasteiger partial charge in [0, 0.05) is 44.6 Å². The lowest BCUT2D eigenvalue weighted by Crippen LogP contribution is -2.49. The number of piperidine rings is 1. The largest absolute Gasteiger partial charge is 0.490 e. The lowest BCUT2D eigenvalue weighted by molar-refractivity contribution is -0.120. The number of benzene rings is 1. The van der Waals surface area contributed by atoms with Crippen LogP contribution in [0.1, 0.15) is 35.8 Å². The molecular weight excluding hydrogens is 344 g/mol. The molecule has 1 aliphatic rings. The number of carbonyl (C=O) groups excluding carboxylic acids is 2. The van der Waals surface area contributed by atoms with Crippen LogP contribution in [0.15, 0.2) is 36.5 Å². The van der Waals surface area contributed by atoms with Crippen LogP contribution in [-0.4, -0.2) is 45.7 Å². The summed E-state index contributed by atoms with van der Waals surface area (Å²) in [6.45, 7) is 5.55. The second kappa shape index (κ2) is 8.24. The monoisotopic (exact) mass is 370 g/mol. The number of aromatic nitrogens is 2. The van der Waals surface area contributed by atoms with Crippen LogP contribution in [0, 0.1) is 12.8 Å². The van der Waals surface area contributed by atoms with Gasteiger partial charge in [-0.1, -0.05) is 18.2 Å². The van der Waals surface area contributed by atoms with Gasteiger partial charge in [0.25, 0.3) is 5.91 Å². The van der Waals surface area contributed by atoms with Crippen molar-refractivity contribution in [3.63, 3.8) is 0 Å². The first kappa shape index (κ1) is 18.9. The highest BCUT2D eigenvalue weighted by molar-refractivity contribution is 5.95. The normalized spacial score (nSPS) is 19.7. The minimum Gasteiger partial charge on any atom is -0.490 e. The van der Waals surface area contributed by atoms with E-state index in [-0.39, 0.29) is 30.3 Å². The number of rotatable bonds is 6. The summed E-state index contributed by atoms with van der Waals surface area (Å²) < 4.78 is 7.84. The predicted molar refractivity (Wildman–Crippen MR) is 101 cm³/mol. The second-order valence-corrected chi connectivity index (χ2v) is 6.92. The fourth-order valence-corrected chi connectivity index (χ4v) is 3.54. The molecule has 2 aromatic rings. The number of nitrogens with zero attached hydrogens (tertiary/aromatic N) is 3. The van der Waals surface area contributed by atoms with Gasteiger partial charge in [-0.05, 0) is 26.0 Å². The van der Waals surface area contributed by atoms with E-state index in [1.54, 1.807) is 15.8 Å². The lowest BCUT2D eigenvalue weighted by atomic mass is 9.90. The fourth-order valence-electron chi connectivity index (χ4n) is 3.54. The first-order chi connectivity index (χ1) is 13.0. The fraction of sp³-hybridized carbons (Fsp3) is 0.450. The van der Waals surface area contributed by atoms with Crippen molar-refractivity contribution in [1.29, 1.82) is 0 Å². The number of carbonyl (C=O) groups is 2. The quantitative estimate of drug-likeness (QED) is 0.842. The number of hydrogen-bond acceptors (Lipinski definition) is 4. The number of likely N-dealkylation sites (tertiary alicyclic amines) is 1. The highest BCUT2D eigenvalue weighted by Crippen LogP contribution is 2.26. The van der Waals surface area contributed by atoms with Crippen molar-refractivity contribution >= 4 is 11.8 Å². The Morgan fingerprint density at radius 1 is 1.30 bits per heavy atom. The van der Waals surface area contributed by atoms with E-state index in [9.17, 15) is 9.59 Å². The van der Waals surface area contributed by atoms with E-state index >= 15 is 0 Å². The molecule has 3 rings (SSSR count). The number of primary amides is 1. The summed E-state index contributed by atoms with van der Waals surface area (Å²) in [5, 5.41) is 4.35. The molecule has 1 saturated heterocycles. The topological polar surface area (TPSA) is 90.5 Å². The number of hydrogen-bond donors (Lipinski definition) is 1. The summed E-state index contributed by atoms with van der Waals surface area (Å²) >= 11 is 0.